The molecular formula is C13H14Cl2N2. The molecule has 17 heavy (non-hydrogen) atoms. The lowest BCUT2D eigenvalue weighted by Crippen LogP contribution is -2.18. The molecule has 0 saturated heterocycles. The highest BCUT2D eigenvalue weighted by Gasteiger charge is 2.09. The highest BCUT2D eigenvalue weighted by Crippen LogP contribution is 2.29. The van der Waals surface area contributed by atoms with Crippen molar-refractivity contribution in [3.8, 4) is 0 Å². The van der Waals surface area contributed by atoms with E-state index in [1.54, 1.807) is 6.07 Å². The average Bonchev–Trinajstić information content (AvgIpc) is 2.13. The Labute approximate surface area is 111 Å². The number of rotatable bonds is 2. The number of nitrogens with zero attached hydrogens (tertiary/aromatic N) is 1. The van der Waals surface area contributed by atoms with E-state index in [2.05, 4.69) is 4.98 Å². The second kappa shape index (κ2) is 4.81. The van der Waals surface area contributed by atoms with Gasteiger partial charge in [-0.25, -0.2) is 0 Å². The number of aromatic nitrogens is 1. The summed E-state index contributed by atoms with van der Waals surface area (Å²) >= 11 is 12.2. The molecular weight excluding hydrogens is 255 g/mol. The molecule has 2 rings (SSSR count). The van der Waals surface area contributed by atoms with Crippen molar-refractivity contribution in [3.63, 3.8) is 0 Å². The van der Waals surface area contributed by atoms with Gasteiger partial charge in [0.25, 0.3) is 0 Å². The van der Waals surface area contributed by atoms with Crippen LogP contribution in [0.4, 0.5) is 0 Å². The molecule has 0 fully saturated rings. The predicted octanol–water partition coefficient (Wildman–Crippen LogP) is 3.74. The van der Waals surface area contributed by atoms with E-state index in [1.807, 2.05) is 26.0 Å². The molecule has 0 bridgehead atoms. The predicted molar refractivity (Wildman–Crippen MR) is 73.9 cm³/mol. The number of benzene rings is 1. The van der Waals surface area contributed by atoms with Crippen molar-refractivity contribution in [2.75, 3.05) is 0 Å². The Hall–Kier alpha value is -0.830. The standard InChI is InChI=1S/C13H14Cl2N2/c1-7-3-10(4-8(2)16)17-12-6-9(14)5-11(15)13(7)12/h3,5-6,8H,4,16H2,1-2H3. The van der Waals surface area contributed by atoms with Gasteiger partial charge in [0.05, 0.1) is 10.5 Å². The van der Waals surface area contributed by atoms with Crippen LogP contribution in [0.3, 0.4) is 0 Å². The minimum absolute atomic E-state index is 0.0917. The molecule has 0 radical (unpaired) electrons. The number of halogens is 2. The van der Waals surface area contributed by atoms with Crippen molar-refractivity contribution < 1.29 is 0 Å². The number of aryl methyl sites for hydroxylation is 1. The lowest BCUT2D eigenvalue weighted by Gasteiger charge is -2.10. The first-order valence-corrected chi connectivity index (χ1v) is 6.24. The van der Waals surface area contributed by atoms with E-state index < -0.39 is 0 Å². The largest absolute Gasteiger partial charge is 0.328 e. The number of fused-ring (bicyclic) bond motifs is 1. The molecule has 0 amide bonds. The molecule has 0 aliphatic rings. The molecule has 0 aliphatic carbocycles. The molecule has 1 unspecified atom stereocenters. The van der Waals surface area contributed by atoms with Crippen molar-refractivity contribution in [2.24, 2.45) is 5.73 Å². The molecule has 0 saturated carbocycles. The van der Waals surface area contributed by atoms with Crippen LogP contribution in [0.25, 0.3) is 10.9 Å². The molecule has 90 valence electrons. The maximum Gasteiger partial charge on any atom is 0.0737 e. The molecule has 1 aromatic carbocycles. The van der Waals surface area contributed by atoms with Gasteiger partial charge in [0, 0.05) is 28.6 Å². The maximum absolute atomic E-state index is 6.18. The zero-order valence-electron chi connectivity index (χ0n) is 9.80. The van der Waals surface area contributed by atoms with Crippen LogP contribution in [0, 0.1) is 6.92 Å². The van der Waals surface area contributed by atoms with Crippen LogP contribution in [-0.4, -0.2) is 11.0 Å². The fourth-order valence-electron chi connectivity index (χ4n) is 1.98. The first kappa shape index (κ1) is 12.6. The van der Waals surface area contributed by atoms with Crippen LogP contribution in [0.1, 0.15) is 18.2 Å². The van der Waals surface area contributed by atoms with Gasteiger partial charge in [0.2, 0.25) is 0 Å². The summed E-state index contributed by atoms with van der Waals surface area (Å²) < 4.78 is 0. The van der Waals surface area contributed by atoms with Gasteiger partial charge in [-0.15, -0.1) is 0 Å². The lowest BCUT2D eigenvalue weighted by atomic mass is 10.1. The van der Waals surface area contributed by atoms with E-state index in [0.29, 0.717) is 10.0 Å². The van der Waals surface area contributed by atoms with E-state index in [4.69, 9.17) is 28.9 Å². The second-order valence-electron chi connectivity index (χ2n) is 4.39. The third-order valence-corrected chi connectivity index (χ3v) is 3.12. The Balaban J connectivity index is 2.64. The number of hydrogen-bond acceptors (Lipinski definition) is 2. The molecule has 2 nitrogen and oxygen atoms in total. The molecule has 1 heterocycles. The maximum atomic E-state index is 6.18. The van der Waals surface area contributed by atoms with Crippen LogP contribution in [0.2, 0.25) is 10.0 Å². The summed E-state index contributed by atoms with van der Waals surface area (Å²) in [5.41, 5.74) is 8.70. The topological polar surface area (TPSA) is 38.9 Å². The van der Waals surface area contributed by atoms with Gasteiger partial charge in [-0.2, -0.15) is 0 Å². The third-order valence-electron chi connectivity index (χ3n) is 2.61. The summed E-state index contributed by atoms with van der Waals surface area (Å²) in [7, 11) is 0. The van der Waals surface area contributed by atoms with Crippen molar-refractivity contribution in [1.82, 2.24) is 4.98 Å². The smallest absolute Gasteiger partial charge is 0.0737 e. The number of hydrogen-bond donors (Lipinski definition) is 1. The van der Waals surface area contributed by atoms with Crippen LogP contribution >= 0.6 is 23.2 Å². The van der Waals surface area contributed by atoms with Gasteiger partial charge in [0.15, 0.2) is 0 Å². The van der Waals surface area contributed by atoms with Gasteiger partial charge < -0.3 is 5.73 Å². The fourth-order valence-corrected chi connectivity index (χ4v) is 2.61. The SMILES string of the molecule is Cc1cc(CC(C)N)nc2cc(Cl)cc(Cl)c12. The van der Waals surface area contributed by atoms with Gasteiger partial charge in [0.1, 0.15) is 0 Å². The van der Waals surface area contributed by atoms with E-state index in [-0.39, 0.29) is 6.04 Å². The Morgan fingerprint density at radius 2 is 2.00 bits per heavy atom. The van der Waals surface area contributed by atoms with E-state index in [0.717, 1.165) is 28.6 Å². The Bertz CT molecular complexity index is 565. The summed E-state index contributed by atoms with van der Waals surface area (Å²) in [5.74, 6) is 0. The second-order valence-corrected chi connectivity index (χ2v) is 5.24. The lowest BCUT2D eigenvalue weighted by molar-refractivity contribution is 0.724. The summed E-state index contributed by atoms with van der Waals surface area (Å²) in [6, 6.07) is 5.70. The van der Waals surface area contributed by atoms with Crippen molar-refractivity contribution in [2.45, 2.75) is 26.3 Å². The van der Waals surface area contributed by atoms with Crippen LogP contribution in [-0.2, 0) is 6.42 Å². The quantitative estimate of drug-likeness (QED) is 0.901. The van der Waals surface area contributed by atoms with E-state index in [1.165, 1.54) is 0 Å². The summed E-state index contributed by atoms with van der Waals surface area (Å²) in [6.07, 6.45) is 0.751. The minimum Gasteiger partial charge on any atom is -0.328 e. The minimum atomic E-state index is 0.0917. The summed E-state index contributed by atoms with van der Waals surface area (Å²) in [4.78, 5) is 4.55. The van der Waals surface area contributed by atoms with E-state index >= 15 is 0 Å². The Morgan fingerprint density at radius 3 is 2.65 bits per heavy atom. The third kappa shape index (κ3) is 2.71. The number of pyridine rings is 1. The van der Waals surface area contributed by atoms with Crippen LogP contribution in [0.5, 0.6) is 0 Å². The summed E-state index contributed by atoms with van der Waals surface area (Å²) in [6.45, 7) is 3.99. The van der Waals surface area contributed by atoms with Gasteiger partial charge in [-0.3, -0.25) is 4.98 Å². The Morgan fingerprint density at radius 1 is 1.29 bits per heavy atom. The van der Waals surface area contributed by atoms with Gasteiger partial charge in [-0.05, 0) is 37.6 Å². The normalized spacial score (nSPS) is 13.0. The molecule has 0 aliphatic heterocycles. The first-order chi connectivity index (χ1) is 7.97. The van der Waals surface area contributed by atoms with Crippen LogP contribution < -0.4 is 5.73 Å². The molecule has 1 aromatic heterocycles. The molecule has 2 N–H and O–H groups in total. The highest BCUT2D eigenvalue weighted by molar-refractivity contribution is 6.38. The Kier molecular flexibility index (Phi) is 3.57. The van der Waals surface area contributed by atoms with Gasteiger partial charge >= 0.3 is 0 Å². The molecule has 0 spiro atoms. The van der Waals surface area contributed by atoms with Crippen molar-refractivity contribution >= 4 is 34.1 Å². The first-order valence-electron chi connectivity index (χ1n) is 5.48. The highest BCUT2D eigenvalue weighted by atomic mass is 35.5. The average molecular weight is 269 g/mol. The van der Waals surface area contributed by atoms with Crippen molar-refractivity contribution in [3.05, 3.63) is 39.5 Å². The van der Waals surface area contributed by atoms with Gasteiger partial charge in [-0.1, -0.05) is 23.2 Å². The summed E-state index contributed by atoms with van der Waals surface area (Å²) in [5, 5.41) is 2.21. The number of nitrogens with two attached hydrogens (primary N) is 1. The fraction of sp³-hybridized carbons (Fsp3) is 0.308. The molecule has 4 heteroatoms. The monoisotopic (exact) mass is 268 g/mol. The van der Waals surface area contributed by atoms with Crippen molar-refractivity contribution in [1.29, 1.82) is 0 Å². The van der Waals surface area contributed by atoms with Crippen LogP contribution in [0.15, 0.2) is 18.2 Å². The zero-order valence-corrected chi connectivity index (χ0v) is 11.3. The molecule has 1 atom stereocenters. The zero-order chi connectivity index (χ0) is 12.6. The van der Waals surface area contributed by atoms with E-state index in [9.17, 15) is 0 Å². The molecule has 2 aromatic rings.